The highest BCUT2D eigenvalue weighted by Gasteiger charge is 2.52. The van der Waals surface area contributed by atoms with E-state index in [2.05, 4.69) is 51.3 Å². The highest BCUT2D eigenvalue weighted by Crippen LogP contribution is 2.51. The SMILES string of the molecule is CC1CC(C)(C)CC1(CN)N1CCSC(C)(C)C1. The molecule has 2 atom stereocenters. The maximum absolute atomic E-state index is 6.25. The largest absolute Gasteiger partial charge is 0.329 e. The molecule has 0 radical (unpaired) electrons. The number of rotatable bonds is 2. The fourth-order valence-electron chi connectivity index (χ4n) is 4.32. The Morgan fingerprint density at radius 3 is 2.39 bits per heavy atom. The Hall–Kier alpha value is 0.270. The van der Waals surface area contributed by atoms with Gasteiger partial charge in [-0.15, -0.1) is 0 Å². The van der Waals surface area contributed by atoms with Crippen LogP contribution in [0.25, 0.3) is 0 Å². The zero-order valence-electron chi connectivity index (χ0n) is 12.8. The number of nitrogens with two attached hydrogens (primary N) is 1. The summed E-state index contributed by atoms with van der Waals surface area (Å²) in [6, 6.07) is 0. The van der Waals surface area contributed by atoms with Crippen molar-refractivity contribution in [3.05, 3.63) is 0 Å². The van der Waals surface area contributed by atoms with Crippen LogP contribution in [0, 0.1) is 11.3 Å². The lowest BCUT2D eigenvalue weighted by Gasteiger charge is -2.50. The predicted molar refractivity (Wildman–Crippen MR) is 82.1 cm³/mol. The Kier molecular flexibility index (Phi) is 3.81. The summed E-state index contributed by atoms with van der Waals surface area (Å²) in [5, 5.41) is 0. The number of thioether (sulfide) groups is 1. The number of hydrogen-bond acceptors (Lipinski definition) is 3. The smallest absolute Gasteiger partial charge is 0.0363 e. The lowest BCUT2D eigenvalue weighted by atomic mass is 9.84. The molecule has 2 N–H and O–H groups in total. The van der Waals surface area contributed by atoms with Crippen molar-refractivity contribution in [1.82, 2.24) is 4.90 Å². The molecule has 18 heavy (non-hydrogen) atoms. The van der Waals surface area contributed by atoms with Crippen molar-refractivity contribution in [2.24, 2.45) is 17.1 Å². The van der Waals surface area contributed by atoms with Crippen LogP contribution in [-0.4, -0.2) is 40.6 Å². The van der Waals surface area contributed by atoms with E-state index in [1.54, 1.807) is 0 Å². The molecule has 1 aliphatic carbocycles. The molecule has 2 nitrogen and oxygen atoms in total. The van der Waals surface area contributed by atoms with Crippen LogP contribution in [-0.2, 0) is 0 Å². The van der Waals surface area contributed by atoms with E-state index >= 15 is 0 Å². The number of hydrogen-bond donors (Lipinski definition) is 1. The quantitative estimate of drug-likeness (QED) is 0.836. The van der Waals surface area contributed by atoms with E-state index in [0.29, 0.717) is 10.2 Å². The van der Waals surface area contributed by atoms with Gasteiger partial charge in [-0.1, -0.05) is 20.8 Å². The van der Waals surface area contributed by atoms with Gasteiger partial charge in [-0.05, 0) is 38.0 Å². The molecule has 0 aromatic heterocycles. The summed E-state index contributed by atoms with van der Waals surface area (Å²) in [6.07, 6.45) is 2.58. The Morgan fingerprint density at radius 2 is 1.94 bits per heavy atom. The van der Waals surface area contributed by atoms with E-state index in [1.165, 1.54) is 31.7 Å². The van der Waals surface area contributed by atoms with E-state index in [-0.39, 0.29) is 5.54 Å². The second kappa shape index (κ2) is 4.68. The zero-order chi connectivity index (χ0) is 13.6. The van der Waals surface area contributed by atoms with Gasteiger partial charge in [0, 0.05) is 35.7 Å². The van der Waals surface area contributed by atoms with Crippen LogP contribution in [0.4, 0.5) is 0 Å². The van der Waals surface area contributed by atoms with Crippen LogP contribution >= 0.6 is 11.8 Å². The first kappa shape index (κ1) is 14.7. The van der Waals surface area contributed by atoms with Gasteiger partial charge in [0.15, 0.2) is 0 Å². The Labute approximate surface area is 117 Å². The lowest BCUT2D eigenvalue weighted by Crippen LogP contribution is -2.61. The van der Waals surface area contributed by atoms with Gasteiger partial charge in [-0.2, -0.15) is 11.8 Å². The zero-order valence-corrected chi connectivity index (χ0v) is 13.6. The van der Waals surface area contributed by atoms with Gasteiger partial charge in [0.1, 0.15) is 0 Å². The standard InChI is InChI=1S/C15H30N2S/c1-12-8-13(2,3)9-15(12,10-16)17-6-7-18-14(4,5)11-17/h12H,6-11,16H2,1-5H3. The van der Waals surface area contributed by atoms with Gasteiger partial charge in [-0.25, -0.2) is 0 Å². The monoisotopic (exact) mass is 270 g/mol. The molecule has 1 heterocycles. The van der Waals surface area contributed by atoms with Gasteiger partial charge >= 0.3 is 0 Å². The number of nitrogens with zero attached hydrogens (tertiary/aromatic N) is 1. The lowest BCUT2D eigenvalue weighted by molar-refractivity contribution is 0.0544. The topological polar surface area (TPSA) is 29.3 Å². The van der Waals surface area contributed by atoms with Gasteiger partial charge in [0.25, 0.3) is 0 Å². The Balaban J connectivity index is 2.22. The molecular formula is C15H30N2S. The van der Waals surface area contributed by atoms with Crippen molar-refractivity contribution in [2.75, 3.05) is 25.4 Å². The van der Waals surface area contributed by atoms with Crippen molar-refractivity contribution < 1.29 is 0 Å². The molecule has 106 valence electrons. The molecule has 0 amide bonds. The third-order valence-corrected chi connectivity index (χ3v) is 6.27. The molecule has 1 saturated carbocycles. The molecule has 1 aliphatic heterocycles. The molecule has 2 fully saturated rings. The van der Waals surface area contributed by atoms with Gasteiger partial charge in [0.05, 0.1) is 0 Å². The van der Waals surface area contributed by atoms with Crippen molar-refractivity contribution in [2.45, 2.75) is 57.7 Å². The molecular weight excluding hydrogens is 240 g/mol. The van der Waals surface area contributed by atoms with E-state index in [1.807, 2.05) is 0 Å². The van der Waals surface area contributed by atoms with Crippen LogP contribution in [0.3, 0.4) is 0 Å². The minimum atomic E-state index is 0.252. The summed E-state index contributed by atoms with van der Waals surface area (Å²) >= 11 is 2.11. The van der Waals surface area contributed by atoms with Crippen LogP contribution < -0.4 is 5.73 Å². The molecule has 2 unspecified atom stereocenters. The predicted octanol–water partition coefficient (Wildman–Crippen LogP) is 2.97. The average Bonchev–Trinajstić information content (AvgIpc) is 2.47. The second-order valence-electron chi connectivity index (χ2n) is 7.78. The normalized spacial score (nSPS) is 40.0. The first-order chi connectivity index (χ1) is 8.21. The Morgan fingerprint density at radius 1 is 1.28 bits per heavy atom. The molecule has 0 aromatic rings. The summed E-state index contributed by atoms with van der Waals surface area (Å²) in [6.45, 7) is 15.2. The highest BCUT2D eigenvalue weighted by molar-refractivity contribution is 8.00. The molecule has 0 spiro atoms. The maximum atomic E-state index is 6.25. The van der Waals surface area contributed by atoms with Crippen LogP contribution in [0.2, 0.25) is 0 Å². The van der Waals surface area contributed by atoms with Gasteiger partial charge in [-0.3, -0.25) is 4.90 Å². The van der Waals surface area contributed by atoms with Crippen LogP contribution in [0.5, 0.6) is 0 Å². The highest BCUT2D eigenvalue weighted by atomic mass is 32.2. The molecule has 0 bridgehead atoms. The van der Waals surface area contributed by atoms with Gasteiger partial charge in [0.2, 0.25) is 0 Å². The van der Waals surface area contributed by atoms with Crippen molar-refractivity contribution >= 4 is 11.8 Å². The summed E-state index contributed by atoms with van der Waals surface area (Å²) in [4.78, 5) is 2.73. The first-order valence-corrected chi connectivity index (χ1v) is 8.28. The molecule has 2 rings (SSSR count). The van der Waals surface area contributed by atoms with Crippen molar-refractivity contribution in [1.29, 1.82) is 0 Å². The minimum absolute atomic E-state index is 0.252. The van der Waals surface area contributed by atoms with Gasteiger partial charge < -0.3 is 5.73 Å². The van der Waals surface area contributed by atoms with Crippen molar-refractivity contribution in [3.63, 3.8) is 0 Å². The maximum Gasteiger partial charge on any atom is 0.0363 e. The average molecular weight is 270 g/mol. The Bertz CT molecular complexity index is 314. The summed E-state index contributed by atoms with van der Waals surface area (Å²) in [7, 11) is 0. The molecule has 2 aliphatic rings. The minimum Gasteiger partial charge on any atom is -0.329 e. The van der Waals surface area contributed by atoms with E-state index < -0.39 is 0 Å². The van der Waals surface area contributed by atoms with E-state index in [0.717, 1.165) is 12.5 Å². The van der Waals surface area contributed by atoms with Crippen LogP contribution in [0.1, 0.15) is 47.5 Å². The first-order valence-electron chi connectivity index (χ1n) is 7.30. The summed E-state index contributed by atoms with van der Waals surface area (Å²) < 4.78 is 0.382. The van der Waals surface area contributed by atoms with Crippen LogP contribution in [0.15, 0.2) is 0 Å². The molecule has 3 heteroatoms. The molecule has 0 aromatic carbocycles. The fourth-order valence-corrected chi connectivity index (χ4v) is 5.43. The summed E-state index contributed by atoms with van der Waals surface area (Å²) in [5.74, 6) is 1.97. The second-order valence-corrected chi connectivity index (χ2v) is 9.59. The van der Waals surface area contributed by atoms with E-state index in [4.69, 9.17) is 5.73 Å². The molecule has 1 saturated heterocycles. The third-order valence-electron chi connectivity index (χ3n) is 4.97. The third kappa shape index (κ3) is 2.59. The van der Waals surface area contributed by atoms with Crippen molar-refractivity contribution in [3.8, 4) is 0 Å². The van der Waals surface area contributed by atoms with E-state index in [9.17, 15) is 0 Å². The summed E-state index contributed by atoms with van der Waals surface area (Å²) in [5.41, 5.74) is 6.95. The fraction of sp³-hybridized carbons (Fsp3) is 1.00.